The average molecular weight is 555 g/mol. The predicted molar refractivity (Wildman–Crippen MR) is 143 cm³/mol. The van der Waals surface area contributed by atoms with Gasteiger partial charge >= 0.3 is 0 Å². The molecule has 2 unspecified atom stereocenters. The SMILES string of the molecule is CN(C)[C@@H]1C(=O)C(C(N)=O)=C(O)[C@@]2(O)C(=O)C3=C(O)c4c(ccc(NC(=O)CN5CCCCC5)c4O)CC3CC12. The van der Waals surface area contributed by atoms with Crippen LogP contribution in [-0.2, 0) is 25.6 Å². The summed E-state index contributed by atoms with van der Waals surface area (Å²) in [6.07, 6.45) is 3.34. The van der Waals surface area contributed by atoms with Gasteiger partial charge in [-0.25, -0.2) is 0 Å². The number of Topliss-reactive ketones (excluding diaryl/α,β-unsaturated/α-hetero) is 2. The van der Waals surface area contributed by atoms with E-state index in [1.54, 1.807) is 20.2 Å². The first kappa shape index (κ1) is 27.8. The number of nitrogens with zero attached hydrogens (tertiary/aromatic N) is 2. The molecule has 0 bridgehead atoms. The van der Waals surface area contributed by atoms with Crippen molar-refractivity contribution in [2.45, 2.75) is 43.7 Å². The number of primary amides is 1. The number of ketones is 2. The summed E-state index contributed by atoms with van der Waals surface area (Å²) >= 11 is 0. The molecule has 1 saturated heterocycles. The summed E-state index contributed by atoms with van der Waals surface area (Å²) in [6, 6.07) is 2.03. The lowest BCUT2D eigenvalue weighted by Crippen LogP contribution is -2.65. The van der Waals surface area contributed by atoms with Crippen LogP contribution in [0.25, 0.3) is 5.76 Å². The van der Waals surface area contributed by atoms with E-state index in [1.165, 1.54) is 11.0 Å². The fourth-order valence-electron chi connectivity index (χ4n) is 6.83. The van der Waals surface area contributed by atoms with Crippen LogP contribution >= 0.6 is 0 Å². The van der Waals surface area contributed by atoms with E-state index in [-0.39, 0.29) is 42.1 Å². The Kier molecular flexibility index (Phi) is 6.97. The summed E-state index contributed by atoms with van der Waals surface area (Å²) in [5.74, 6) is -7.44. The highest BCUT2D eigenvalue weighted by Gasteiger charge is 2.64. The normalized spacial score (nSPS) is 28.8. The maximum atomic E-state index is 13.9. The largest absolute Gasteiger partial charge is 0.508 e. The molecular formula is C28H34N4O8. The van der Waals surface area contributed by atoms with Crippen LogP contribution in [0.5, 0.6) is 5.75 Å². The summed E-state index contributed by atoms with van der Waals surface area (Å²) in [7, 11) is 3.10. The van der Waals surface area contributed by atoms with E-state index in [9.17, 15) is 39.6 Å². The molecule has 1 aliphatic heterocycles. The molecule has 0 aromatic heterocycles. The quantitative estimate of drug-likeness (QED) is 0.219. The number of phenols is 1. The number of hydrogen-bond acceptors (Lipinski definition) is 10. The number of carbonyl (C=O) groups excluding carboxylic acids is 4. The Morgan fingerprint density at radius 3 is 2.42 bits per heavy atom. The molecule has 12 nitrogen and oxygen atoms in total. The number of piperidine rings is 1. The smallest absolute Gasteiger partial charge is 0.255 e. The van der Waals surface area contributed by atoms with Crippen molar-refractivity contribution >= 4 is 34.8 Å². The van der Waals surface area contributed by atoms with E-state index in [1.807, 2.05) is 4.90 Å². The molecule has 2 fully saturated rings. The number of hydrogen-bond donors (Lipinski definition) is 6. The number of aliphatic hydroxyl groups is 3. The van der Waals surface area contributed by atoms with Gasteiger partial charge in [0, 0.05) is 11.5 Å². The number of likely N-dealkylation sites (tertiary alicyclic amines) is 1. The van der Waals surface area contributed by atoms with Crippen LogP contribution in [-0.4, -0.2) is 99.0 Å². The molecule has 4 aliphatic rings. The van der Waals surface area contributed by atoms with E-state index >= 15 is 0 Å². The molecule has 1 heterocycles. The van der Waals surface area contributed by atoms with Crippen LogP contribution < -0.4 is 11.1 Å². The molecule has 0 spiro atoms. The first-order valence-corrected chi connectivity index (χ1v) is 13.4. The molecule has 40 heavy (non-hydrogen) atoms. The zero-order valence-electron chi connectivity index (χ0n) is 22.4. The Bertz CT molecular complexity index is 1380. The number of benzene rings is 1. The van der Waals surface area contributed by atoms with Gasteiger partial charge in [-0.3, -0.25) is 29.0 Å². The molecule has 12 heteroatoms. The average Bonchev–Trinajstić information content (AvgIpc) is 2.88. The second kappa shape index (κ2) is 10.0. The van der Waals surface area contributed by atoms with Crippen LogP contribution in [0.15, 0.2) is 29.0 Å². The minimum Gasteiger partial charge on any atom is -0.508 e. The Hall–Kier alpha value is -3.74. The number of likely N-dealkylation sites (N-methyl/N-ethyl adjacent to an activating group) is 1. The molecule has 4 atom stereocenters. The summed E-state index contributed by atoms with van der Waals surface area (Å²) < 4.78 is 0. The number of phenolic OH excluding ortho intramolecular Hbond substituents is 1. The van der Waals surface area contributed by atoms with Crippen molar-refractivity contribution in [3.05, 3.63) is 40.2 Å². The molecule has 1 saturated carbocycles. The van der Waals surface area contributed by atoms with Gasteiger partial charge in [0.2, 0.25) is 11.7 Å². The van der Waals surface area contributed by atoms with Crippen molar-refractivity contribution in [2.24, 2.45) is 17.6 Å². The summed E-state index contributed by atoms with van der Waals surface area (Å²) in [5, 5.41) is 47.7. The van der Waals surface area contributed by atoms with Gasteiger partial charge in [0.15, 0.2) is 11.4 Å². The molecule has 3 aliphatic carbocycles. The number of nitrogens with one attached hydrogen (secondary N) is 1. The highest BCUT2D eigenvalue weighted by Crippen LogP contribution is 2.53. The summed E-state index contributed by atoms with van der Waals surface area (Å²) in [4.78, 5) is 55.2. The van der Waals surface area contributed by atoms with Gasteiger partial charge < -0.3 is 31.5 Å². The van der Waals surface area contributed by atoms with Crippen molar-refractivity contribution in [3.63, 3.8) is 0 Å². The van der Waals surface area contributed by atoms with E-state index in [0.29, 0.717) is 5.56 Å². The van der Waals surface area contributed by atoms with Gasteiger partial charge in [-0.1, -0.05) is 12.5 Å². The molecule has 2 amide bonds. The van der Waals surface area contributed by atoms with Crippen molar-refractivity contribution in [2.75, 3.05) is 39.0 Å². The monoisotopic (exact) mass is 554 g/mol. The topological polar surface area (TPSA) is 194 Å². The number of nitrogens with two attached hydrogens (primary N) is 1. The number of rotatable bonds is 5. The Balaban J connectivity index is 1.54. The van der Waals surface area contributed by atoms with E-state index in [4.69, 9.17) is 5.73 Å². The van der Waals surface area contributed by atoms with E-state index in [0.717, 1.165) is 32.4 Å². The maximum absolute atomic E-state index is 13.9. The molecule has 7 N–H and O–H groups in total. The number of anilines is 1. The van der Waals surface area contributed by atoms with Crippen LogP contribution in [0, 0.1) is 11.8 Å². The number of carbonyl (C=O) groups is 4. The molecular weight excluding hydrogens is 520 g/mol. The minimum absolute atomic E-state index is 0.0147. The highest BCUT2D eigenvalue weighted by atomic mass is 16.3. The van der Waals surface area contributed by atoms with Gasteiger partial charge in [0.25, 0.3) is 5.91 Å². The lowest BCUT2D eigenvalue weighted by molar-refractivity contribution is -0.153. The first-order valence-electron chi connectivity index (χ1n) is 13.4. The van der Waals surface area contributed by atoms with Gasteiger partial charge in [0.05, 0.1) is 23.8 Å². The lowest BCUT2D eigenvalue weighted by atomic mass is 9.57. The number of aliphatic hydroxyl groups excluding tert-OH is 2. The molecule has 0 radical (unpaired) electrons. The van der Waals surface area contributed by atoms with Crippen molar-refractivity contribution in [1.82, 2.24) is 9.80 Å². The lowest BCUT2D eigenvalue weighted by Gasteiger charge is -2.50. The molecule has 214 valence electrons. The van der Waals surface area contributed by atoms with Gasteiger partial charge in [-0.05, 0) is 70.4 Å². The van der Waals surface area contributed by atoms with Gasteiger partial charge in [-0.15, -0.1) is 0 Å². The molecule has 5 rings (SSSR count). The highest BCUT2D eigenvalue weighted by molar-refractivity contribution is 6.24. The third-order valence-corrected chi connectivity index (χ3v) is 8.68. The third-order valence-electron chi connectivity index (χ3n) is 8.68. The van der Waals surface area contributed by atoms with Crippen molar-refractivity contribution < 1.29 is 39.6 Å². The number of amides is 2. The standard InChI is InChI=1S/C28H34N4O8/c1-31(2)21-15-11-14-10-13-6-7-16(30-17(33)12-32-8-4-3-5-9-32)22(34)18(13)23(35)19(14)25(37)28(15,40)26(38)20(24(21)36)27(29)39/h6-7,14-15,21,34-35,38,40H,3-5,8-12H2,1-2H3,(H2,29,39)(H,30,33)/t14?,15?,21-,28-/m0/s1. The number of fused-ring (bicyclic) bond motifs is 3. The fourth-order valence-corrected chi connectivity index (χ4v) is 6.83. The maximum Gasteiger partial charge on any atom is 0.255 e. The van der Waals surface area contributed by atoms with Crippen molar-refractivity contribution in [1.29, 1.82) is 0 Å². The van der Waals surface area contributed by atoms with E-state index in [2.05, 4.69) is 5.32 Å². The minimum atomic E-state index is -2.69. The predicted octanol–water partition coefficient (Wildman–Crippen LogP) is 0.388. The third kappa shape index (κ3) is 4.18. The second-order valence-electron chi connectivity index (χ2n) is 11.3. The second-order valence-corrected chi connectivity index (χ2v) is 11.3. The first-order chi connectivity index (χ1) is 18.9. The Morgan fingerprint density at radius 2 is 1.80 bits per heavy atom. The van der Waals surface area contributed by atoms with Crippen LogP contribution in [0.1, 0.15) is 36.8 Å². The zero-order chi connectivity index (χ0) is 29.1. The fraction of sp³-hybridized carbons (Fsp3) is 0.500. The van der Waals surface area contributed by atoms with Gasteiger partial charge in [-0.2, -0.15) is 0 Å². The summed E-state index contributed by atoms with van der Waals surface area (Å²) in [6.45, 7) is 1.77. The Labute approximate surface area is 230 Å². The Morgan fingerprint density at radius 1 is 1.12 bits per heavy atom. The number of aromatic hydroxyl groups is 1. The van der Waals surface area contributed by atoms with E-state index < -0.39 is 63.8 Å². The van der Waals surface area contributed by atoms with Crippen LogP contribution in [0.4, 0.5) is 5.69 Å². The summed E-state index contributed by atoms with van der Waals surface area (Å²) in [5.41, 5.74) is 2.06. The zero-order valence-corrected chi connectivity index (χ0v) is 22.4. The van der Waals surface area contributed by atoms with Gasteiger partial charge in [0.1, 0.15) is 22.8 Å². The molecule has 1 aromatic carbocycles. The van der Waals surface area contributed by atoms with Crippen molar-refractivity contribution in [3.8, 4) is 5.75 Å². The van der Waals surface area contributed by atoms with Crippen LogP contribution in [0.3, 0.4) is 0 Å². The van der Waals surface area contributed by atoms with Crippen LogP contribution in [0.2, 0.25) is 0 Å². The molecule has 1 aromatic rings.